The van der Waals surface area contributed by atoms with Crippen LogP contribution in [-0.4, -0.2) is 15.0 Å². The van der Waals surface area contributed by atoms with Crippen molar-refractivity contribution >= 4 is 32.7 Å². The van der Waals surface area contributed by atoms with E-state index in [0.717, 1.165) is 82.8 Å². The molecule has 0 bridgehead atoms. The Bertz CT molecular complexity index is 2880. The summed E-state index contributed by atoms with van der Waals surface area (Å²) in [6.07, 6.45) is 0. The van der Waals surface area contributed by atoms with E-state index in [2.05, 4.69) is 109 Å². The molecule has 0 saturated heterocycles. The number of hydrogen-bond acceptors (Lipinski definition) is 4. The molecule has 0 unspecified atom stereocenters. The van der Waals surface area contributed by atoms with Gasteiger partial charge in [-0.05, 0) is 75.2 Å². The normalized spacial score (nSPS) is 11.4. The van der Waals surface area contributed by atoms with E-state index < -0.39 is 0 Å². The van der Waals surface area contributed by atoms with Crippen molar-refractivity contribution in [1.29, 1.82) is 0 Å². The lowest BCUT2D eigenvalue weighted by molar-refractivity contribution is 0.672. The highest BCUT2D eigenvalue weighted by Crippen LogP contribution is 2.39. The van der Waals surface area contributed by atoms with Crippen LogP contribution in [0.15, 0.2) is 192 Å². The zero-order chi connectivity index (χ0) is 35.1. The largest absolute Gasteiger partial charge is 0.455 e. The highest BCUT2D eigenvalue weighted by molar-refractivity contribution is 6.17. The molecule has 8 aromatic carbocycles. The quantitative estimate of drug-likeness (QED) is 0.176. The lowest BCUT2D eigenvalue weighted by atomic mass is 9.92. The second-order valence-electron chi connectivity index (χ2n) is 13.2. The van der Waals surface area contributed by atoms with E-state index in [1.54, 1.807) is 0 Å². The summed E-state index contributed by atoms with van der Waals surface area (Å²) in [5.74, 6) is 1.90. The maximum Gasteiger partial charge on any atom is 0.164 e. The van der Waals surface area contributed by atoms with Crippen LogP contribution >= 0.6 is 0 Å². The zero-order valence-electron chi connectivity index (χ0n) is 28.6. The topological polar surface area (TPSA) is 51.8 Å². The smallest absolute Gasteiger partial charge is 0.164 e. The molecule has 10 rings (SSSR count). The van der Waals surface area contributed by atoms with Gasteiger partial charge in [0.25, 0.3) is 0 Å². The minimum Gasteiger partial charge on any atom is -0.455 e. The molecule has 4 nitrogen and oxygen atoms in total. The van der Waals surface area contributed by atoms with Gasteiger partial charge < -0.3 is 4.42 Å². The van der Waals surface area contributed by atoms with Gasteiger partial charge in [0, 0.05) is 32.8 Å². The first-order chi connectivity index (χ1) is 26.2. The Morgan fingerprint density at radius 1 is 0.283 bits per heavy atom. The summed E-state index contributed by atoms with van der Waals surface area (Å²) in [6, 6.07) is 65.3. The summed E-state index contributed by atoms with van der Waals surface area (Å²) in [6.45, 7) is 0. The van der Waals surface area contributed by atoms with E-state index in [0.29, 0.717) is 17.5 Å². The molecule has 4 heteroatoms. The summed E-state index contributed by atoms with van der Waals surface area (Å²) in [5, 5.41) is 4.53. The molecule has 248 valence electrons. The number of para-hydroxylation sites is 1. The lowest BCUT2D eigenvalue weighted by Crippen LogP contribution is -2.00. The summed E-state index contributed by atoms with van der Waals surface area (Å²) in [7, 11) is 0. The molecule has 2 aromatic heterocycles. The second-order valence-corrected chi connectivity index (χ2v) is 13.2. The third-order valence-electron chi connectivity index (χ3n) is 9.91. The third kappa shape index (κ3) is 5.63. The molecule has 0 spiro atoms. The fourth-order valence-electron chi connectivity index (χ4n) is 7.32. The Balaban J connectivity index is 1.14. The fourth-order valence-corrected chi connectivity index (χ4v) is 7.32. The van der Waals surface area contributed by atoms with Gasteiger partial charge in [-0.15, -0.1) is 0 Å². The van der Waals surface area contributed by atoms with Gasteiger partial charge in [0.2, 0.25) is 0 Å². The van der Waals surface area contributed by atoms with E-state index in [1.165, 1.54) is 0 Å². The average Bonchev–Trinajstić information content (AvgIpc) is 3.63. The second kappa shape index (κ2) is 12.9. The Morgan fingerprint density at radius 2 is 0.736 bits per heavy atom. The van der Waals surface area contributed by atoms with Gasteiger partial charge >= 0.3 is 0 Å². The van der Waals surface area contributed by atoms with Crippen LogP contribution in [0.2, 0.25) is 0 Å². The van der Waals surface area contributed by atoms with Crippen LogP contribution in [0.1, 0.15) is 0 Å². The van der Waals surface area contributed by atoms with E-state index in [9.17, 15) is 0 Å². The van der Waals surface area contributed by atoms with Gasteiger partial charge in [0.15, 0.2) is 17.5 Å². The van der Waals surface area contributed by atoms with Crippen LogP contribution in [0.5, 0.6) is 0 Å². The first-order valence-electron chi connectivity index (χ1n) is 17.8. The van der Waals surface area contributed by atoms with Gasteiger partial charge in [-0.2, -0.15) is 0 Å². The van der Waals surface area contributed by atoms with E-state index in [1.807, 2.05) is 78.9 Å². The molecule has 0 N–H and O–H groups in total. The van der Waals surface area contributed by atoms with E-state index >= 15 is 0 Å². The molecular weight excluding hydrogens is 647 g/mol. The monoisotopic (exact) mass is 677 g/mol. The van der Waals surface area contributed by atoms with Crippen molar-refractivity contribution < 1.29 is 4.42 Å². The number of fused-ring (bicyclic) bond motifs is 5. The summed E-state index contributed by atoms with van der Waals surface area (Å²) >= 11 is 0. The molecule has 0 amide bonds. The van der Waals surface area contributed by atoms with Crippen molar-refractivity contribution in [2.24, 2.45) is 0 Å². The highest BCUT2D eigenvalue weighted by Gasteiger charge is 2.16. The van der Waals surface area contributed by atoms with E-state index in [4.69, 9.17) is 19.4 Å². The predicted molar refractivity (Wildman–Crippen MR) is 217 cm³/mol. The summed E-state index contributed by atoms with van der Waals surface area (Å²) in [4.78, 5) is 15.1. The fraction of sp³-hybridized carbons (Fsp3) is 0. The SMILES string of the molecule is c1ccc(-c2cc(-c3cccc(-c4cccc5c4ccc4c6ccccc6oc54)c3)cc(-c3nc(-c4ccccc4)nc(-c4ccccc4)n3)c2)cc1. The van der Waals surface area contributed by atoms with Crippen molar-refractivity contribution in [3.63, 3.8) is 0 Å². The molecule has 0 radical (unpaired) electrons. The Kier molecular flexibility index (Phi) is 7.43. The molecular formula is C49H31N3O. The molecule has 53 heavy (non-hydrogen) atoms. The zero-order valence-corrected chi connectivity index (χ0v) is 28.6. The van der Waals surface area contributed by atoms with Crippen molar-refractivity contribution in [3.8, 4) is 67.5 Å². The van der Waals surface area contributed by atoms with Gasteiger partial charge in [-0.3, -0.25) is 0 Å². The standard InChI is InChI=1S/C49H31N3O/c1-4-14-32(15-5-1)37-29-38(31-39(30-37)49-51-47(33-16-6-2-7-17-33)50-48(52-49)34-18-8-3-9-19-34)35-20-12-21-36(28-35)40-23-13-24-43-41(40)26-27-44-42-22-10-11-25-45(42)53-46(43)44/h1-31H. The van der Waals surface area contributed by atoms with Crippen LogP contribution in [0.4, 0.5) is 0 Å². The maximum absolute atomic E-state index is 6.42. The minimum atomic E-state index is 0.622. The van der Waals surface area contributed by atoms with Crippen LogP contribution < -0.4 is 0 Å². The van der Waals surface area contributed by atoms with Crippen LogP contribution in [0.25, 0.3) is 100 Å². The molecule has 10 aromatic rings. The predicted octanol–water partition coefficient (Wildman–Crippen LogP) is 12.9. The molecule has 0 aliphatic heterocycles. The maximum atomic E-state index is 6.42. The van der Waals surface area contributed by atoms with Crippen LogP contribution in [0.3, 0.4) is 0 Å². The first kappa shape index (κ1) is 30.6. The average molecular weight is 678 g/mol. The van der Waals surface area contributed by atoms with Crippen LogP contribution in [-0.2, 0) is 0 Å². The number of nitrogens with zero attached hydrogens (tertiary/aromatic N) is 3. The lowest BCUT2D eigenvalue weighted by Gasteiger charge is -2.14. The van der Waals surface area contributed by atoms with E-state index in [-0.39, 0.29) is 0 Å². The van der Waals surface area contributed by atoms with Gasteiger partial charge in [0.05, 0.1) is 0 Å². The number of rotatable bonds is 6. The Morgan fingerprint density at radius 3 is 1.43 bits per heavy atom. The van der Waals surface area contributed by atoms with Gasteiger partial charge in [0.1, 0.15) is 11.2 Å². The number of aromatic nitrogens is 3. The third-order valence-corrected chi connectivity index (χ3v) is 9.91. The number of furan rings is 1. The molecule has 2 heterocycles. The van der Waals surface area contributed by atoms with Crippen molar-refractivity contribution in [3.05, 3.63) is 188 Å². The highest BCUT2D eigenvalue weighted by atomic mass is 16.3. The number of hydrogen-bond donors (Lipinski definition) is 0. The number of benzene rings is 8. The van der Waals surface area contributed by atoms with Crippen molar-refractivity contribution in [2.45, 2.75) is 0 Å². The van der Waals surface area contributed by atoms with Crippen molar-refractivity contribution in [2.75, 3.05) is 0 Å². The van der Waals surface area contributed by atoms with Gasteiger partial charge in [-0.1, -0.05) is 152 Å². The molecule has 0 atom stereocenters. The van der Waals surface area contributed by atoms with Crippen LogP contribution in [0, 0.1) is 0 Å². The molecule has 0 fully saturated rings. The summed E-state index contributed by atoms with van der Waals surface area (Å²) < 4.78 is 6.42. The Hall–Kier alpha value is -7.17. The molecule has 0 aliphatic rings. The summed E-state index contributed by atoms with van der Waals surface area (Å²) in [5.41, 5.74) is 11.3. The Labute approximate surface area is 306 Å². The van der Waals surface area contributed by atoms with Crippen molar-refractivity contribution in [1.82, 2.24) is 15.0 Å². The molecule has 0 aliphatic carbocycles. The molecule has 0 saturated carbocycles. The minimum absolute atomic E-state index is 0.622. The first-order valence-corrected chi connectivity index (χ1v) is 17.8. The van der Waals surface area contributed by atoms with Gasteiger partial charge in [-0.25, -0.2) is 15.0 Å².